The van der Waals surface area contributed by atoms with Crippen LogP contribution in [0.15, 0.2) is 16.8 Å². The molecule has 2 aromatic rings. The summed E-state index contributed by atoms with van der Waals surface area (Å²) in [6.07, 6.45) is 1.44. The lowest BCUT2D eigenvalue weighted by Gasteiger charge is -2.04. The Balaban J connectivity index is 2.03. The number of hydrogen-bond acceptors (Lipinski definition) is 5. The highest BCUT2D eigenvalue weighted by Gasteiger charge is 2.12. The van der Waals surface area contributed by atoms with Crippen LogP contribution in [-0.2, 0) is 6.54 Å². The minimum atomic E-state index is -0.330. The van der Waals surface area contributed by atoms with E-state index in [1.807, 2.05) is 0 Å². The van der Waals surface area contributed by atoms with Gasteiger partial charge in [0.2, 0.25) is 5.89 Å². The molecule has 0 atom stereocenters. The second-order valence-electron chi connectivity index (χ2n) is 3.72. The van der Waals surface area contributed by atoms with Gasteiger partial charge in [-0.1, -0.05) is 16.8 Å². The molecule has 18 heavy (non-hydrogen) atoms. The van der Waals surface area contributed by atoms with Crippen LogP contribution in [-0.4, -0.2) is 21.0 Å². The van der Waals surface area contributed by atoms with Crippen molar-refractivity contribution >= 4 is 17.5 Å². The van der Waals surface area contributed by atoms with Gasteiger partial charge < -0.3 is 9.84 Å². The van der Waals surface area contributed by atoms with Gasteiger partial charge in [0.1, 0.15) is 0 Å². The Labute approximate surface area is 108 Å². The summed E-state index contributed by atoms with van der Waals surface area (Å²) in [7, 11) is 0. The second-order valence-corrected chi connectivity index (χ2v) is 4.13. The summed E-state index contributed by atoms with van der Waals surface area (Å²) < 4.78 is 4.88. The zero-order valence-corrected chi connectivity index (χ0v) is 10.7. The van der Waals surface area contributed by atoms with Gasteiger partial charge >= 0.3 is 0 Å². The molecule has 6 nitrogen and oxygen atoms in total. The van der Waals surface area contributed by atoms with Crippen molar-refractivity contribution in [2.24, 2.45) is 0 Å². The third kappa shape index (κ3) is 2.84. The minimum absolute atomic E-state index is 0.157. The number of hydrogen-bond donors (Lipinski definition) is 1. The smallest absolute Gasteiger partial charge is 0.254 e. The fourth-order valence-corrected chi connectivity index (χ4v) is 1.65. The highest BCUT2D eigenvalue weighted by atomic mass is 35.5. The molecule has 0 aliphatic carbocycles. The van der Waals surface area contributed by atoms with Crippen LogP contribution in [0.4, 0.5) is 0 Å². The van der Waals surface area contributed by atoms with Crippen molar-refractivity contribution in [3.05, 3.63) is 40.3 Å². The largest absolute Gasteiger partial charge is 0.343 e. The van der Waals surface area contributed by atoms with E-state index in [9.17, 15) is 4.79 Å². The van der Waals surface area contributed by atoms with Gasteiger partial charge in [-0.2, -0.15) is 4.98 Å². The molecular formula is C11H11ClN4O2. The van der Waals surface area contributed by atoms with Crippen molar-refractivity contribution in [3.8, 4) is 0 Å². The molecule has 0 fully saturated rings. The molecule has 7 heteroatoms. The summed E-state index contributed by atoms with van der Waals surface area (Å²) in [4.78, 5) is 19.8. The highest BCUT2D eigenvalue weighted by Crippen LogP contribution is 2.15. The Morgan fingerprint density at radius 3 is 2.89 bits per heavy atom. The van der Waals surface area contributed by atoms with Gasteiger partial charge in [0.05, 0.1) is 17.1 Å². The maximum absolute atomic E-state index is 11.8. The first-order chi connectivity index (χ1) is 8.56. The minimum Gasteiger partial charge on any atom is -0.343 e. The Bertz CT molecular complexity index is 582. The lowest BCUT2D eigenvalue weighted by molar-refractivity contribution is 0.0946. The zero-order valence-electron chi connectivity index (χ0n) is 9.90. The first-order valence-corrected chi connectivity index (χ1v) is 5.63. The number of pyridine rings is 1. The lowest BCUT2D eigenvalue weighted by atomic mass is 10.2. The van der Waals surface area contributed by atoms with Crippen LogP contribution >= 0.6 is 11.6 Å². The van der Waals surface area contributed by atoms with Crippen LogP contribution in [0.1, 0.15) is 27.8 Å². The zero-order chi connectivity index (χ0) is 13.1. The average Bonchev–Trinajstić information content (AvgIpc) is 2.72. The molecule has 1 N–H and O–H groups in total. The summed E-state index contributed by atoms with van der Waals surface area (Å²) in [5, 5.41) is 6.61. The maximum atomic E-state index is 11.8. The van der Waals surface area contributed by atoms with E-state index in [-0.39, 0.29) is 12.5 Å². The predicted octanol–water partition coefficient (Wildman–Crippen LogP) is 1.66. The molecule has 1 amide bonds. The summed E-state index contributed by atoms with van der Waals surface area (Å²) in [6, 6.07) is 1.63. The van der Waals surface area contributed by atoms with E-state index in [4.69, 9.17) is 16.1 Å². The van der Waals surface area contributed by atoms with Gasteiger partial charge in [0.15, 0.2) is 5.82 Å². The van der Waals surface area contributed by atoms with E-state index >= 15 is 0 Å². The summed E-state index contributed by atoms with van der Waals surface area (Å²) in [6.45, 7) is 3.66. The summed E-state index contributed by atoms with van der Waals surface area (Å²) >= 11 is 5.96. The maximum Gasteiger partial charge on any atom is 0.254 e. The molecule has 2 rings (SSSR count). The van der Waals surface area contributed by atoms with E-state index in [0.717, 1.165) is 5.69 Å². The molecule has 0 bridgehead atoms. The van der Waals surface area contributed by atoms with E-state index in [2.05, 4.69) is 20.4 Å². The number of carbonyl (C=O) groups excluding carboxylic acids is 1. The fourth-order valence-electron chi connectivity index (χ4n) is 1.36. The van der Waals surface area contributed by atoms with Gasteiger partial charge in [0, 0.05) is 11.9 Å². The van der Waals surface area contributed by atoms with E-state index < -0.39 is 0 Å². The SMILES string of the molecule is Cc1cc(Cl)c(C(=O)NCc2nc(C)no2)cn1. The van der Waals surface area contributed by atoms with Crippen molar-refractivity contribution in [2.45, 2.75) is 20.4 Å². The van der Waals surface area contributed by atoms with Crippen LogP contribution in [0, 0.1) is 13.8 Å². The number of amides is 1. The lowest BCUT2D eigenvalue weighted by Crippen LogP contribution is -2.23. The quantitative estimate of drug-likeness (QED) is 0.914. The molecule has 0 saturated heterocycles. The highest BCUT2D eigenvalue weighted by molar-refractivity contribution is 6.33. The molecule has 0 aromatic carbocycles. The normalized spacial score (nSPS) is 10.4. The summed E-state index contributed by atoms with van der Waals surface area (Å²) in [5.74, 6) is 0.537. The molecule has 0 spiro atoms. The van der Waals surface area contributed by atoms with Gasteiger partial charge in [-0.05, 0) is 19.9 Å². The van der Waals surface area contributed by atoms with Crippen LogP contribution in [0.2, 0.25) is 5.02 Å². The predicted molar refractivity (Wildman–Crippen MR) is 64.2 cm³/mol. The first-order valence-electron chi connectivity index (χ1n) is 5.26. The molecule has 0 unspecified atom stereocenters. The molecule has 0 saturated carbocycles. The van der Waals surface area contributed by atoms with Crippen molar-refractivity contribution in [2.75, 3.05) is 0 Å². The number of halogens is 1. The first kappa shape index (κ1) is 12.5. The van der Waals surface area contributed by atoms with Crippen molar-refractivity contribution in [1.82, 2.24) is 20.4 Å². The monoisotopic (exact) mass is 266 g/mol. The number of aryl methyl sites for hydroxylation is 2. The Hall–Kier alpha value is -1.95. The number of aromatic nitrogens is 3. The number of nitrogens with zero attached hydrogens (tertiary/aromatic N) is 3. The van der Waals surface area contributed by atoms with Crippen LogP contribution < -0.4 is 5.32 Å². The second kappa shape index (κ2) is 5.14. The fraction of sp³-hybridized carbons (Fsp3) is 0.273. The summed E-state index contributed by atoms with van der Waals surface area (Å²) in [5.41, 5.74) is 1.07. The molecule has 2 aromatic heterocycles. The topological polar surface area (TPSA) is 80.9 Å². The van der Waals surface area contributed by atoms with E-state index in [0.29, 0.717) is 22.3 Å². The van der Waals surface area contributed by atoms with Crippen LogP contribution in [0.3, 0.4) is 0 Å². The Morgan fingerprint density at radius 2 is 2.28 bits per heavy atom. The van der Waals surface area contributed by atoms with Gasteiger partial charge in [-0.3, -0.25) is 9.78 Å². The van der Waals surface area contributed by atoms with Crippen molar-refractivity contribution < 1.29 is 9.32 Å². The average molecular weight is 267 g/mol. The van der Waals surface area contributed by atoms with Crippen LogP contribution in [0.5, 0.6) is 0 Å². The standard InChI is InChI=1S/C11H11ClN4O2/c1-6-3-9(12)8(4-13-6)11(17)14-5-10-15-7(2)16-18-10/h3-4H,5H2,1-2H3,(H,14,17). The molecule has 2 heterocycles. The molecule has 94 valence electrons. The third-order valence-corrected chi connectivity index (χ3v) is 2.52. The third-order valence-electron chi connectivity index (χ3n) is 2.20. The molecule has 0 aliphatic heterocycles. The van der Waals surface area contributed by atoms with Crippen molar-refractivity contribution in [3.63, 3.8) is 0 Å². The van der Waals surface area contributed by atoms with E-state index in [1.54, 1.807) is 19.9 Å². The van der Waals surface area contributed by atoms with Crippen molar-refractivity contribution in [1.29, 1.82) is 0 Å². The Morgan fingerprint density at radius 1 is 1.50 bits per heavy atom. The van der Waals surface area contributed by atoms with Crippen LogP contribution in [0.25, 0.3) is 0 Å². The molecular weight excluding hydrogens is 256 g/mol. The van der Waals surface area contributed by atoms with Gasteiger partial charge in [0.25, 0.3) is 5.91 Å². The number of carbonyl (C=O) groups is 1. The van der Waals surface area contributed by atoms with Gasteiger partial charge in [-0.15, -0.1) is 0 Å². The Kier molecular flexibility index (Phi) is 3.57. The number of nitrogens with one attached hydrogen (secondary N) is 1. The molecule has 0 radical (unpaired) electrons. The molecule has 0 aliphatic rings. The van der Waals surface area contributed by atoms with Gasteiger partial charge in [-0.25, -0.2) is 0 Å². The van der Waals surface area contributed by atoms with E-state index in [1.165, 1.54) is 6.20 Å². The number of rotatable bonds is 3.